The van der Waals surface area contributed by atoms with Gasteiger partial charge in [-0.3, -0.25) is 0 Å². The molecule has 0 bridgehead atoms. The molecule has 0 fully saturated rings. The van der Waals surface area contributed by atoms with Gasteiger partial charge in [-0.25, -0.2) is 0 Å². The molecule has 0 aliphatic rings. The largest absolute Gasteiger partial charge is 0.472 e. The molecule has 0 atom stereocenters. The summed E-state index contributed by atoms with van der Waals surface area (Å²) in [5.41, 5.74) is 0.987. The second-order valence-corrected chi connectivity index (χ2v) is 4.57. The number of rotatable bonds is 5. The first-order valence-electron chi connectivity index (χ1n) is 5.32. The summed E-state index contributed by atoms with van der Waals surface area (Å²) >= 11 is 0. The minimum Gasteiger partial charge on any atom is -0.472 e. The average molecular weight is 221 g/mol. The van der Waals surface area contributed by atoms with Crippen LogP contribution >= 0.6 is 0 Å². The quantitative estimate of drug-likeness (QED) is 0.772. The van der Waals surface area contributed by atoms with Gasteiger partial charge in [0.25, 0.3) is 0 Å². The fourth-order valence-electron chi connectivity index (χ4n) is 1.02. The van der Waals surface area contributed by atoms with E-state index in [0.29, 0.717) is 19.0 Å². The van der Waals surface area contributed by atoms with Gasteiger partial charge in [0.1, 0.15) is 6.61 Å². The van der Waals surface area contributed by atoms with E-state index in [4.69, 9.17) is 4.74 Å². The first kappa shape index (κ1) is 12.6. The first-order chi connectivity index (χ1) is 7.51. The number of ether oxygens (including phenoxy) is 1. The van der Waals surface area contributed by atoms with Crippen molar-refractivity contribution in [3.05, 3.63) is 30.5 Å². The molecule has 1 aromatic rings. The predicted molar refractivity (Wildman–Crippen MR) is 64.3 cm³/mol. The van der Waals surface area contributed by atoms with Crippen molar-refractivity contribution in [2.75, 3.05) is 6.61 Å². The highest BCUT2D eigenvalue weighted by molar-refractivity contribution is 5.11. The predicted octanol–water partition coefficient (Wildman–Crippen LogP) is 1.93. The minimum absolute atomic E-state index is 0.0830. The fraction of sp³-hybridized carbons (Fsp3) is 0.500. The summed E-state index contributed by atoms with van der Waals surface area (Å²) in [5.74, 6) is 0.527. The van der Waals surface area contributed by atoms with Crippen LogP contribution in [-0.2, 0) is 6.54 Å². The molecule has 0 spiro atoms. The van der Waals surface area contributed by atoms with E-state index in [1.165, 1.54) is 0 Å². The van der Waals surface area contributed by atoms with E-state index < -0.39 is 0 Å². The zero-order chi connectivity index (χ0) is 12.0. The number of hydrogen-bond donors (Lipinski definition) is 1. The van der Waals surface area contributed by atoms with E-state index in [0.717, 1.165) is 5.69 Å². The molecule has 0 aliphatic carbocycles. The van der Waals surface area contributed by atoms with Gasteiger partial charge < -0.3 is 10.1 Å². The molecule has 88 valence electrons. The molecule has 4 heteroatoms. The van der Waals surface area contributed by atoms with Crippen molar-refractivity contribution in [1.29, 1.82) is 0 Å². The monoisotopic (exact) mass is 221 g/mol. The minimum atomic E-state index is 0.0830. The Balaban J connectivity index is 2.48. The Hall–Kier alpha value is -1.42. The summed E-state index contributed by atoms with van der Waals surface area (Å²) in [6.07, 6.45) is 1.68. The summed E-state index contributed by atoms with van der Waals surface area (Å²) < 4.78 is 5.24. The Bertz CT molecular complexity index is 327. The molecule has 0 aliphatic heterocycles. The molecule has 0 saturated heterocycles. The Labute approximate surface area is 96.7 Å². The molecule has 1 N–H and O–H groups in total. The summed E-state index contributed by atoms with van der Waals surface area (Å²) in [6, 6.07) is 3.72. The first-order valence-corrected chi connectivity index (χ1v) is 5.32. The second kappa shape index (κ2) is 5.61. The summed E-state index contributed by atoms with van der Waals surface area (Å²) in [7, 11) is 0. The smallest absolute Gasteiger partial charge is 0.233 e. The molecule has 0 radical (unpaired) electrons. The van der Waals surface area contributed by atoms with E-state index in [9.17, 15) is 0 Å². The van der Waals surface area contributed by atoms with E-state index in [1.54, 1.807) is 6.08 Å². The van der Waals surface area contributed by atoms with Gasteiger partial charge in [-0.1, -0.05) is 12.7 Å². The van der Waals surface area contributed by atoms with Gasteiger partial charge in [0.05, 0.1) is 5.69 Å². The normalized spacial score (nSPS) is 11.2. The van der Waals surface area contributed by atoms with Crippen molar-refractivity contribution >= 4 is 0 Å². The molecular weight excluding hydrogens is 202 g/mol. The lowest BCUT2D eigenvalue weighted by atomic mass is 10.1. The van der Waals surface area contributed by atoms with Crippen LogP contribution in [0.3, 0.4) is 0 Å². The Morgan fingerprint density at radius 3 is 2.62 bits per heavy atom. The van der Waals surface area contributed by atoms with Gasteiger partial charge in [-0.15, -0.1) is 5.10 Å². The molecule has 16 heavy (non-hydrogen) atoms. The lowest BCUT2D eigenvalue weighted by molar-refractivity contribution is 0.342. The van der Waals surface area contributed by atoms with Gasteiger partial charge >= 0.3 is 0 Å². The summed E-state index contributed by atoms with van der Waals surface area (Å²) in [6.45, 7) is 11.1. The Morgan fingerprint density at radius 2 is 2.12 bits per heavy atom. The number of hydrogen-bond acceptors (Lipinski definition) is 4. The third kappa shape index (κ3) is 4.89. The highest BCUT2D eigenvalue weighted by Crippen LogP contribution is 2.06. The van der Waals surface area contributed by atoms with Gasteiger partial charge in [-0.2, -0.15) is 5.10 Å². The molecule has 1 aromatic heterocycles. The second-order valence-electron chi connectivity index (χ2n) is 4.57. The zero-order valence-corrected chi connectivity index (χ0v) is 10.2. The number of nitrogens with zero attached hydrogens (tertiary/aromatic N) is 2. The van der Waals surface area contributed by atoms with Crippen molar-refractivity contribution in [2.45, 2.75) is 32.9 Å². The van der Waals surface area contributed by atoms with Crippen LogP contribution in [-0.4, -0.2) is 22.3 Å². The van der Waals surface area contributed by atoms with E-state index in [-0.39, 0.29) is 5.54 Å². The highest BCUT2D eigenvalue weighted by atomic mass is 16.5. The maximum Gasteiger partial charge on any atom is 0.233 e. The van der Waals surface area contributed by atoms with Gasteiger partial charge in [0.15, 0.2) is 0 Å². The number of aromatic nitrogens is 2. The molecule has 0 amide bonds. The SMILES string of the molecule is C=CCOc1ccc(CNC(C)(C)C)nn1. The summed E-state index contributed by atoms with van der Waals surface area (Å²) in [5, 5.41) is 11.4. The van der Waals surface area contributed by atoms with Crippen molar-refractivity contribution in [2.24, 2.45) is 0 Å². The van der Waals surface area contributed by atoms with Crippen LogP contribution in [0.15, 0.2) is 24.8 Å². The maximum atomic E-state index is 5.24. The Morgan fingerprint density at radius 1 is 1.38 bits per heavy atom. The summed E-state index contributed by atoms with van der Waals surface area (Å²) in [4.78, 5) is 0. The lowest BCUT2D eigenvalue weighted by Crippen LogP contribution is -2.35. The van der Waals surface area contributed by atoms with Crippen LogP contribution in [0.2, 0.25) is 0 Å². The molecule has 0 saturated carbocycles. The van der Waals surface area contributed by atoms with Crippen molar-refractivity contribution < 1.29 is 4.74 Å². The van der Waals surface area contributed by atoms with Crippen LogP contribution in [0.1, 0.15) is 26.5 Å². The Kier molecular flexibility index (Phi) is 4.43. The van der Waals surface area contributed by atoms with Crippen LogP contribution < -0.4 is 10.1 Å². The highest BCUT2D eigenvalue weighted by Gasteiger charge is 2.08. The van der Waals surface area contributed by atoms with Crippen LogP contribution in [0, 0.1) is 0 Å². The maximum absolute atomic E-state index is 5.24. The molecule has 0 aromatic carbocycles. The molecule has 1 heterocycles. The van der Waals surface area contributed by atoms with Crippen molar-refractivity contribution in [1.82, 2.24) is 15.5 Å². The lowest BCUT2D eigenvalue weighted by Gasteiger charge is -2.19. The van der Waals surface area contributed by atoms with Crippen LogP contribution in [0.25, 0.3) is 0 Å². The molecular formula is C12H19N3O. The molecule has 1 rings (SSSR count). The average Bonchev–Trinajstić information content (AvgIpc) is 2.24. The third-order valence-corrected chi connectivity index (χ3v) is 1.84. The zero-order valence-electron chi connectivity index (χ0n) is 10.2. The van der Waals surface area contributed by atoms with Gasteiger partial charge in [0, 0.05) is 18.2 Å². The van der Waals surface area contributed by atoms with Crippen molar-refractivity contribution in [3.63, 3.8) is 0 Å². The fourth-order valence-corrected chi connectivity index (χ4v) is 1.02. The van der Waals surface area contributed by atoms with E-state index >= 15 is 0 Å². The van der Waals surface area contributed by atoms with E-state index in [1.807, 2.05) is 12.1 Å². The van der Waals surface area contributed by atoms with E-state index in [2.05, 4.69) is 42.9 Å². The molecule has 4 nitrogen and oxygen atoms in total. The van der Waals surface area contributed by atoms with Crippen LogP contribution in [0.4, 0.5) is 0 Å². The van der Waals surface area contributed by atoms with Crippen molar-refractivity contribution in [3.8, 4) is 5.88 Å². The molecule has 0 unspecified atom stereocenters. The number of nitrogens with one attached hydrogen (secondary N) is 1. The third-order valence-electron chi connectivity index (χ3n) is 1.84. The van der Waals surface area contributed by atoms with Crippen LogP contribution in [0.5, 0.6) is 5.88 Å². The standard InChI is InChI=1S/C12H19N3O/c1-5-8-16-11-7-6-10(14-15-11)9-13-12(2,3)4/h5-7,13H,1,8-9H2,2-4H3. The topological polar surface area (TPSA) is 47.0 Å². The van der Waals surface area contributed by atoms with Gasteiger partial charge in [-0.05, 0) is 26.8 Å². The van der Waals surface area contributed by atoms with Gasteiger partial charge in [0.2, 0.25) is 5.88 Å².